The van der Waals surface area contributed by atoms with Crippen LogP contribution in [0.5, 0.6) is 0 Å². The maximum Gasteiger partial charge on any atom is 0.341 e. The fraction of sp³-hybridized carbons (Fsp3) is 0.125. The molecular formula is C16H14O4. The van der Waals surface area contributed by atoms with Crippen molar-refractivity contribution in [2.45, 2.75) is 13.2 Å². The quantitative estimate of drug-likeness (QED) is 0.486. The molecule has 4 nitrogen and oxygen atoms in total. The Morgan fingerprint density at radius 2 is 1.80 bits per heavy atom. The lowest BCUT2D eigenvalue weighted by molar-refractivity contribution is -0.159. The van der Waals surface area contributed by atoms with Gasteiger partial charge < -0.3 is 9.47 Å². The Hall–Kier alpha value is -2.62. The highest BCUT2D eigenvalue weighted by Gasteiger charge is 2.16. The van der Waals surface area contributed by atoms with Crippen LogP contribution >= 0.6 is 0 Å². The molecule has 0 aliphatic heterocycles. The third kappa shape index (κ3) is 3.03. The molecule has 0 saturated carbocycles. The van der Waals surface area contributed by atoms with Gasteiger partial charge in [-0.1, -0.05) is 43.0 Å². The molecule has 0 radical (unpaired) electrons. The minimum absolute atomic E-state index is 0.435. The van der Waals surface area contributed by atoms with E-state index in [0.29, 0.717) is 5.56 Å². The zero-order valence-corrected chi connectivity index (χ0v) is 11.0. The summed E-state index contributed by atoms with van der Waals surface area (Å²) in [6.45, 7) is 4.75. The highest BCUT2D eigenvalue weighted by molar-refractivity contribution is 6.04. The van der Waals surface area contributed by atoms with Crippen molar-refractivity contribution in [2.24, 2.45) is 0 Å². The number of carbonyl (C=O) groups is 2. The molecule has 2 aromatic carbocycles. The normalized spacial score (nSPS) is 11.7. The van der Waals surface area contributed by atoms with Crippen LogP contribution in [0.2, 0.25) is 0 Å². The monoisotopic (exact) mass is 270 g/mol. The molecule has 4 heteroatoms. The van der Waals surface area contributed by atoms with Gasteiger partial charge in [0.25, 0.3) is 0 Å². The summed E-state index contributed by atoms with van der Waals surface area (Å²) in [5.74, 6) is -1.17. The lowest BCUT2D eigenvalue weighted by Crippen LogP contribution is -2.20. The summed E-state index contributed by atoms with van der Waals surface area (Å²) in [7, 11) is 0. The van der Waals surface area contributed by atoms with E-state index in [1.165, 1.54) is 6.92 Å². The Bertz CT molecular complexity index is 655. The van der Waals surface area contributed by atoms with E-state index in [2.05, 4.69) is 6.58 Å². The van der Waals surface area contributed by atoms with Crippen molar-refractivity contribution < 1.29 is 19.1 Å². The molecule has 1 atom stereocenters. The van der Waals surface area contributed by atoms with Gasteiger partial charge in [0.2, 0.25) is 6.29 Å². The fourth-order valence-electron chi connectivity index (χ4n) is 1.85. The number of carbonyl (C=O) groups excluding carboxylic acids is 2. The molecular weight excluding hydrogens is 256 g/mol. The van der Waals surface area contributed by atoms with Gasteiger partial charge in [-0.15, -0.1) is 0 Å². The SMILES string of the molecule is C=CC(=O)OC(C)OC(=O)c1cccc2ccccc12. The molecule has 0 heterocycles. The van der Waals surface area contributed by atoms with Crippen LogP contribution in [0.1, 0.15) is 17.3 Å². The average molecular weight is 270 g/mol. The number of fused-ring (bicyclic) bond motifs is 1. The van der Waals surface area contributed by atoms with Crippen LogP contribution < -0.4 is 0 Å². The van der Waals surface area contributed by atoms with Gasteiger partial charge in [0.1, 0.15) is 0 Å². The predicted octanol–water partition coefficient (Wildman–Crippen LogP) is 3.07. The van der Waals surface area contributed by atoms with E-state index in [1.54, 1.807) is 12.1 Å². The predicted molar refractivity (Wildman–Crippen MR) is 75.1 cm³/mol. The first-order valence-electron chi connectivity index (χ1n) is 6.13. The van der Waals surface area contributed by atoms with Gasteiger partial charge in [0, 0.05) is 13.0 Å². The standard InChI is InChI=1S/C16H14O4/c1-3-15(17)19-11(2)20-16(18)14-10-6-8-12-7-4-5-9-13(12)14/h3-11H,1H2,2H3. The minimum atomic E-state index is -0.966. The molecule has 0 N–H and O–H groups in total. The van der Waals surface area contributed by atoms with Gasteiger partial charge >= 0.3 is 11.9 Å². The molecule has 2 rings (SSSR count). The third-order valence-corrected chi connectivity index (χ3v) is 2.73. The number of rotatable bonds is 4. The summed E-state index contributed by atoms with van der Waals surface area (Å²) in [6, 6.07) is 12.9. The van der Waals surface area contributed by atoms with Gasteiger partial charge in [0.15, 0.2) is 0 Å². The number of hydrogen-bond acceptors (Lipinski definition) is 4. The Kier molecular flexibility index (Phi) is 4.15. The Morgan fingerprint density at radius 3 is 2.55 bits per heavy atom. The Labute approximate surface area is 116 Å². The molecule has 0 fully saturated rings. The van der Waals surface area contributed by atoms with Gasteiger partial charge in [-0.3, -0.25) is 0 Å². The fourth-order valence-corrected chi connectivity index (χ4v) is 1.85. The number of esters is 2. The molecule has 0 amide bonds. The van der Waals surface area contributed by atoms with Gasteiger partial charge in [-0.2, -0.15) is 0 Å². The molecule has 0 aliphatic rings. The number of hydrogen-bond donors (Lipinski definition) is 0. The molecule has 0 bridgehead atoms. The first-order valence-corrected chi connectivity index (χ1v) is 6.13. The zero-order chi connectivity index (χ0) is 14.5. The van der Waals surface area contributed by atoms with Gasteiger partial charge in [-0.25, -0.2) is 9.59 Å². The first kappa shape index (κ1) is 13.8. The van der Waals surface area contributed by atoms with Gasteiger partial charge in [-0.05, 0) is 16.8 Å². The Morgan fingerprint density at radius 1 is 1.10 bits per heavy atom. The first-order chi connectivity index (χ1) is 9.61. The van der Waals surface area contributed by atoms with Crippen LogP contribution in [0.15, 0.2) is 55.1 Å². The van der Waals surface area contributed by atoms with E-state index in [9.17, 15) is 9.59 Å². The minimum Gasteiger partial charge on any atom is -0.422 e. The number of benzene rings is 2. The highest BCUT2D eigenvalue weighted by Crippen LogP contribution is 2.19. The van der Waals surface area contributed by atoms with E-state index < -0.39 is 18.2 Å². The topological polar surface area (TPSA) is 52.6 Å². The van der Waals surface area contributed by atoms with Crippen LogP contribution in [0.3, 0.4) is 0 Å². The lowest BCUT2D eigenvalue weighted by Gasteiger charge is -2.13. The van der Waals surface area contributed by atoms with Crippen molar-refractivity contribution in [1.82, 2.24) is 0 Å². The molecule has 102 valence electrons. The maximum atomic E-state index is 12.1. The molecule has 1 unspecified atom stereocenters. The summed E-state index contributed by atoms with van der Waals surface area (Å²) >= 11 is 0. The smallest absolute Gasteiger partial charge is 0.341 e. The zero-order valence-electron chi connectivity index (χ0n) is 11.0. The second-order valence-electron chi connectivity index (χ2n) is 4.14. The van der Waals surface area contributed by atoms with Crippen molar-refractivity contribution in [3.8, 4) is 0 Å². The van der Waals surface area contributed by atoms with Crippen LogP contribution in [0, 0.1) is 0 Å². The van der Waals surface area contributed by atoms with Crippen LogP contribution in [0.4, 0.5) is 0 Å². The summed E-state index contributed by atoms with van der Waals surface area (Å²) in [5, 5.41) is 1.74. The second-order valence-corrected chi connectivity index (χ2v) is 4.14. The van der Waals surface area contributed by atoms with Crippen molar-refractivity contribution in [2.75, 3.05) is 0 Å². The van der Waals surface area contributed by atoms with E-state index in [4.69, 9.17) is 9.47 Å². The molecule has 0 saturated heterocycles. The molecule has 20 heavy (non-hydrogen) atoms. The lowest BCUT2D eigenvalue weighted by atomic mass is 10.1. The molecule has 0 aliphatic carbocycles. The summed E-state index contributed by atoms with van der Waals surface area (Å²) in [5.41, 5.74) is 0.435. The van der Waals surface area contributed by atoms with Crippen LogP contribution in [-0.4, -0.2) is 18.2 Å². The summed E-state index contributed by atoms with van der Waals surface area (Å²) in [6.07, 6.45) is 0.0504. The molecule has 2 aromatic rings. The van der Waals surface area contributed by atoms with Crippen molar-refractivity contribution in [1.29, 1.82) is 0 Å². The van der Waals surface area contributed by atoms with E-state index in [1.807, 2.05) is 30.3 Å². The van der Waals surface area contributed by atoms with Gasteiger partial charge in [0.05, 0.1) is 5.56 Å². The Balaban J connectivity index is 2.19. The van der Waals surface area contributed by atoms with Crippen molar-refractivity contribution in [3.05, 3.63) is 60.7 Å². The van der Waals surface area contributed by atoms with Crippen molar-refractivity contribution in [3.63, 3.8) is 0 Å². The van der Waals surface area contributed by atoms with Crippen molar-refractivity contribution >= 4 is 22.7 Å². The highest BCUT2D eigenvalue weighted by atomic mass is 16.7. The van der Waals surface area contributed by atoms with E-state index in [0.717, 1.165) is 16.8 Å². The molecule has 0 spiro atoms. The largest absolute Gasteiger partial charge is 0.422 e. The van der Waals surface area contributed by atoms with E-state index in [-0.39, 0.29) is 0 Å². The maximum absolute atomic E-state index is 12.1. The van der Waals surface area contributed by atoms with Crippen LogP contribution in [-0.2, 0) is 14.3 Å². The van der Waals surface area contributed by atoms with E-state index >= 15 is 0 Å². The number of ether oxygens (including phenoxy) is 2. The summed E-state index contributed by atoms with van der Waals surface area (Å²) < 4.78 is 9.89. The average Bonchev–Trinajstić information content (AvgIpc) is 2.46. The molecule has 0 aromatic heterocycles. The third-order valence-electron chi connectivity index (χ3n) is 2.73. The summed E-state index contributed by atoms with van der Waals surface area (Å²) in [4.78, 5) is 23.1. The van der Waals surface area contributed by atoms with Crippen LogP contribution in [0.25, 0.3) is 10.8 Å². The second kappa shape index (κ2) is 6.02.